The minimum atomic E-state index is -0.256. The average molecular weight is 549 g/mol. The van der Waals surface area contributed by atoms with Gasteiger partial charge in [0.15, 0.2) is 17.3 Å². The zero-order valence-electron chi connectivity index (χ0n) is 22.1. The number of fused-ring (bicyclic) bond motifs is 3. The number of hydrogen-bond donors (Lipinski definition) is 2. The van der Waals surface area contributed by atoms with Crippen LogP contribution in [-0.2, 0) is 13.1 Å². The summed E-state index contributed by atoms with van der Waals surface area (Å²) in [5.41, 5.74) is 1.98. The van der Waals surface area contributed by atoms with Gasteiger partial charge in [-0.05, 0) is 38.7 Å². The van der Waals surface area contributed by atoms with Gasteiger partial charge in [0.25, 0.3) is 5.91 Å². The maximum absolute atomic E-state index is 12.6. The van der Waals surface area contributed by atoms with Gasteiger partial charge in [-0.25, -0.2) is 14.6 Å². The Labute approximate surface area is 230 Å². The van der Waals surface area contributed by atoms with Gasteiger partial charge in [0.2, 0.25) is 0 Å². The highest BCUT2D eigenvalue weighted by Crippen LogP contribution is 2.32. The van der Waals surface area contributed by atoms with Crippen LogP contribution in [0.1, 0.15) is 23.0 Å². The van der Waals surface area contributed by atoms with Crippen molar-refractivity contribution in [3.05, 3.63) is 59.4 Å². The van der Waals surface area contributed by atoms with E-state index in [1.54, 1.807) is 36.6 Å². The highest BCUT2D eigenvalue weighted by Gasteiger charge is 2.19. The third-order valence-electron chi connectivity index (χ3n) is 6.27. The van der Waals surface area contributed by atoms with Crippen molar-refractivity contribution in [3.63, 3.8) is 0 Å². The first kappa shape index (κ1) is 26.3. The molecule has 0 saturated carbocycles. The van der Waals surface area contributed by atoms with Gasteiger partial charge in [-0.2, -0.15) is 5.10 Å². The number of carbonyl (C=O) groups is 1. The molecule has 0 aliphatic carbocycles. The summed E-state index contributed by atoms with van der Waals surface area (Å²) in [6.45, 7) is 4.39. The summed E-state index contributed by atoms with van der Waals surface area (Å²) >= 11 is 6.32. The number of likely N-dealkylation sites (N-methyl/N-ethyl adjacent to an activating group) is 1. The number of aromatic nitrogens is 7. The van der Waals surface area contributed by atoms with Gasteiger partial charge in [0.1, 0.15) is 17.8 Å². The lowest BCUT2D eigenvalue weighted by atomic mass is 10.1. The Balaban J connectivity index is 1.52. The minimum Gasteiger partial charge on any atom is -0.495 e. The molecule has 0 radical (unpaired) electrons. The minimum absolute atomic E-state index is 0.256. The van der Waals surface area contributed by atoms with Crippen molar-refractivity contribution >= 4 is 45.1 Å². The molecule has 0 unspecified atom stereocenters. The van der Waals surface area contributed by atoms with Crippen molar-refractivity contribution in [1.29, 1.82) is 0 Å². The highest BCUT2D eigenvalue weighted by molar-refractivity contribution is 6.32. The summed E-state index contributed by atoms with van der Waals surface area (Å²) in [5.74, 6) is 1.43. The van der Waals surface area contributed by atoms with Crippen LogP contribution < -0.4 is 15.4 Å². The first-order valence-electron chi connectivity index (χ1n) is 12.4. The van der Waals surface area contributed by atoms with Crippen molar-refractivity contribution in [3.8, 4) is 11.6 Å². The summed E-state index contributed by atoms with van der Waals surface area (Å²) in [6.07, 6.45) is 6.73. The van der Waals surface area contributed by atoms with Gasteiger partial charge in [-0.1, -0.05) is 17.7 Å². The molecular formula is C26H29ClN10O2. The molecule has 5 rings (SSSR count). The molecule has 2 N–H and O–H groups in total. The van der Waals surface area contributed by atoms with E-state index in [9.17, 15) is 4.79 Å². The van der Waals surface area contributed by atoms with E-state index in [0.717, 1.165) is 33.9 Å². The molecule has 0 saturated heterocycles. The molecule has 0 aliphatic rings. The lowest BCUT2D eigenvalue weighted by Gasteiger charge is -2.13. The number of methoxy groups -OCH3 is 1. The van der Waals surface area contributed by atoms with Crippen molar-refractivity contribution in [2.24, 2.45) is 0 Å². The third kappa shape index (κ3) is 5.33. The van der Waals surface area contributed by atoms with Crippen LogP contribution >= 0.6 is 11.6 Å². The van der Waals surface area contributed by atoms with Gasteiger partial charge in [-0.3, -0.25) is 9.36 Å². The van der Waals surface area contributed by atoms with Crippen LogP contribution in [-0.4, -0.2) is 79.6 Å². The summed E-state index contributed by atoms with van der Waals surface area (Å²) in [7, 11) is 5.48. The number of imidazole rings is 1. The highest BCUT2D eigenvalue weighted by atomic mass is 35.5. The standard InChI is InChI=1S/C26H29ClN10O2/c1-5-37-24-18(13-32-37)22-17(12-30-24)25(36-14-20(31-15-36)26(38)28-8-9-35(2)3)34-33-23(22)29-11-16-6-7-21(39-4)19(27)10-16/h6-7,10,12-15H,5,8-9,11H2,1-4H3,(H,28,38)(H,29,33). The Morgan fingerprint density at radius 2 is 2.00 bits per heavy atom. The average Bonchev–Trinajstić information content (AvgIpc) is 3.59. The molecule has 4 aromatic heterocycles. The first-order valence-corrected chi connectivity index (χ1v) is 12.8. The maximum atomic E-state index is 12.6. The molecule has 12 nitrogen and oxygen atoms in total. The van der Waals surface area contributed by atoms with E-state index in [0.29, 0.717) is 42.0 Å². The van der Waals surface area contributed by atoms with E-state index >= 15 is 0 Å². The predicted molar refractivity (Wildman–Crippen MR) is 150 cm³/mol. The van der Waals surface area contributed by atoms with Crippen LogP contribution in [0.3, 0.4) is 0 Å². The normalized spacial score (nSPS) is 11.4. The molecule has 0 aliphatic heterocycles. The fraction of sp³-hybridized carbons (Fsp3) is 0.308. The van der Waals surface area contributed by atoms with Crippen LogP contribution in [0.2, 0.25) is 5.02 Å². The number of halogens is 1. The molecule has 4 heterocycles. The van der Waals surface area contributed by atoms with Crippen molar-refractivity contribution < 1.29 is 9.53 Å². The van der Waals surface area contributed by atoms with E-state index in [4.69, 9.17) is 16.3 Å². The SMILES string of the molecule is CCn1ncc2c3c(NCc4ccc(OC)c(Cl)c4)nnc(-n4cnc(C(=O)NCCN(C)C)c4)c3cnc21. The predicted octanol–water partition coefficient (Wildman–Crippen LogP) is 3.15. The number of nitrogens with one attached hydrogen (secondary N) is 2. The Morgan fingerprint density at radius 1 is 1.15 bits per heavy atom. The van der Waals surface area contributed by atoms with E-state index in [2.05, 4.69) is 35.9 Å². The van der Waals surface area contributed by atoms with Crippen LogP contribution in [0.4, 0.5) is 5.82 Å². The zero-order chi connectivity index (χ0) is 27.5. The van der Waals surface area contributed by atoms with Gasteiger partial charge >= 0.3 is 0 Å². The second-order valence-corrected chi connectivity index (χ2v) is 9.57. The molecule has 0 bridgehead atoms. The second-order valence-electron chi connectivity index (χ2n) is 9.16. The van der Waals surface area contributed by atoms with Gasteiger partial charge < -0.3 is 20.3 Å². The van der Waals surface area contributed by atoms with Crippen LogP contribution in [0.5, 0.6) is 5.75 Å². The molecule has 0 spiro atoms. The summed E-state index contributed by atoms with van der Waals surface area (Å²) in [5, 5.41) is 22.7. The maximum Gasteiger partial charge on any atom is 0.271 e. The summed E-state index contributed by atoms with van der Waals surface area (Å²) in [6, 6.07) is 5.61. The lowest BCUT2D eigenvalue weighted by molar-refractivity contribution is 0.0946. The van der Waals surface area contributed by atoms with E-state index in [1.165, 1.54) is 0 Å². The molecule has 0 fully saturated rings. The fourth-order valence-electron chi connectivity index (χ4n) is 4.24. The third-order valence-corrected chi connectivity index (χ3v) is 6.56. The number of ether oxygens (including phenoxy) is 1. The zero-order valence-corrected chi connectivity index (χ0v) is 22.9. The number of rotatable bonds is 10. The Morgan fingerprint density at radius 3 is 2.74 bits per heavy atom. The molecule has 202 valence electrons. The summed E-state index contributed by atoms with van der Waals surface area (Å²) < 4.78 is 8.77. The van der Waals surface area contributed by atoms with Crippen molar-refractivity contribution in [2.45, 2.75) is 20.0 Å². The van der Waals surface area contributed by atoms with Crippen LogP contribution in [0, 0.1) is 0 Å². The quantitative estimate of drug-likeness (QED) is 0.270. The van der Waals surface area contributed by atoms with E-state index in [-0.39, 0.29) is 11.6 Å². The van der Waals surface area contributed by atoms with Crippen molar-refractivity contribution in [2.75, 3.05) is 39.6 Å². The molecule has 13 heteroatoms. The number of hydrogen-bond acceptors (Lipinski definition) is 9. The van der Waals surface area contributed by atoms with Crippen molar-refractivity contribution in [1.82, 2.24) is 44.7 Å². The van der Waals surface area contributed by atoms with E-state index < -0.39 is 0 Å². The molecule has 5 aromatic rings. The topological polar surface area (TPSA) is 128 Å². The second kappa shape index (κ2) is 11.2. The Hall–Kier alpha value is -4.29. The Kier molecular flexibility index (Phi) is 7.57. The largest absolute Gasteiger partial charge is 0.495 e. The monoisotopic (exact) mass is 548 g/mol. The number of carbonyl (C=O) groups excluding carboxylic acids is 1. The number of benzene rings is 1. The molecule has 0 atom stereocenters. The van der Waals surface area contributed by atoms with Crippen LogP contribution in [0.25, 0.3) is 27.6 Å². The lowest BCUT2D eigenvalue weighted by Crippen LogP contribution is -2.31. The number of pyridine rings is 1. The van der Waals surface area contributed by atoms with Crippen LogP contribution in [0.15, 0.2) is 43.1 Å². The number of amides is 1. The number of anilines is 1. The molecule has 39 heavy (non-hydrogen) atoms. The first-order chi connectivity index (χ1) is 18.9. The van der Waals surface area contributed by atoms with Gasteiger partial charge in [0.05, 0.1) is 23.7 Å². The number of aryl methyl sites for hydroxylation is 1. The summed E-state index contributed by atoms with van der Waals surface area (Å²) in [4.78, 5) is 23.5. The fourth-order valence-corrected chi connectivity index (χ4v) is 4.52. The number of nitrogens with zero attached hydrogens (tertiary/aromatic N) is 8. The smallest absolute Gasteiger partial charge is 0.271 e. The van der Waals surface area contributed by atoms with Gasteiger partial charge in [0, 0.05) is 49.3 Å². The molecule has 1 amide bonds. The van der Waals surface area contributed by atoms with Gasteiger partial charge in [-0.15, -0.1) is 10.2 Å². The molecule has 1 aromatic carbocycles. The Bertz CT molecular complexity index is 1650. The van der Waals surface area contributed by atoms with E-state index in [1.807, 2.05) is 48.8 Å². The molecular weight excluding hydrogens is 520 g/mol.